The lowest BCUT2D eigenvalue weighted by atomic mass is 9.64. The van der Waals surface area contributed by atoms with Gasteiger partial charge in [-0.25, -0.2) is 0 Å². The first-order chi connectivity index (χ1) is 13.7. The van der Waals surface area contributed by atoms with Crippen molar-refractivity contribution in [1.29, 1.82) is 0 Å². The number of nitrogens with zero attached hydrogens (tertiary/aromatic N) is 2. The van der Waals surface area contributed by atoms with Crippen molar-refractivity contribution in [3.05, 3.63) is 35.9 Å². The summed E-state index contributed by atoms with van der Waals surface area (Å²) < 4.78 is 0. The SMILES string of the molecule is O=C(CN1CCCC1C(=O)N1CCSCC1)NCC1(c2ccccc2)CCC1. The minimum atomic E-state index is -0.111. The fourth-order valence-corrected chi connectivity index (χ4v) is 5.66. The number of thioether (sulfide) groups is 1. The number of nitrogens with one attached hydrogen (secondary N) is 1. The van der Waals surface area contributed by atoms with Crippen LogP contribution in [0.5, 0.6) is 0 Å². The molecular weight excluding hydrogens is 370 g/mol. The second kappa shape index (κ2) is 8.87. The average Bonchev–Trinajstić information content (AvgIpc) is 3.16. The normalized spacial score (nSPS) is 24.6. The molecule has 1 unspecified atom stereocenters. The largest absolute Gasteiger partial charge is 0.354 e. The van der Waals surface area contributed by atoms with Gasteiger partial charge >= 0.3 is 0 Å². The van der Waals surface area contributed by atoms with Crippen LogP contribution in [0.25, 0.3) is 0 Å². The zero-order valence-corrected chi connectivity index (χ0v) is 17.4. The molecule has 0 aromatic heterocycles. The van der Waals surface area contributed by atoms with E-state index in [9.17, 15) is 9.59 Å². The maximum Gasteiger partial charge on any atom is 0.239 e. The van der Waals surface area contributed by atoms with E-state index in [-0.39, 0.29) is 23.3 Å². The zero-order chi connectivity index (χ0) is 19.4. The van der Waals surface area contributed by atoms with Crippen LogP contribution in [0.2, 0.25) is 0 Å². The van der Waals surface area contributed by atoms with Gasteiger partial charge in [0.1, 0.15) is 0 Å². The molecule has 4 rings (SSSR count). The lowest BCUT2D eigenvalue weighted by molar-refractivity contribution is -0.136. The quantitative estimate of drug-likeness (QED) is 0.795. The fraction of sp³-hybridized carbons (Fsp3) is 0.636. The molecular formula is C22H31N3O2S. The predicted molar refractivity (Wildman–Crippen MR) is 113 cm³/mol. The van der Waals surface area contributed by atoms with Gasteiger partial charge in [-0.05, 0) is 37.8 Å². The third-order valence-corrected chi connectivity index (χ3v) is 7.58. The number of carbonyl (C=O) groups is 2. The Morgan fingerprint density at radius 1 is 1.07 bits per heavy atom. The highest BCUT2D eigenvalue weighted by molar-refractivity contribution is 7.99. The molecule has 1 aromatic carbocycles. The minimum absolute atomic E-state index is 0.0519. The van der Waals surface area contributed by atoms with Crippen molar-refractivity contribution < 1.29 is 9.59 Å². The summed E-state index contributed by atoms with van der Waals surface area (Å²) >= 11 is 1.91. The molecule has 1 N–H and O–H groups in total. The Kier molecular flexibility index (Phi) is 6.26. The van der Waals surface area contributed by atoms with Gasteiger partial charge in [-0.2, -0.15) is 11.8 Å². The van der Waals surface area contributed by atoms with Crippen LogP contribution in [0.3, 0.4) is 0 Å². The Morgan fingerprint density at radius 2 is 1.82 bits per heavy atom. The van der Waals surface area contributed by atoms with Crippen LogP contribution in [0.1, 0.15) is 37.7 Å². The van der Waals surface area contributed by atoms with E-state index in [0.29, 0.717) is 13.1 Å². The molecule has 3 fully saturated rings. The molecule has 5 nitrogen and oxygen atoms in total. The van der Waals surface area contributed by atoms with Crippen molar-refractivity contribution in [2.24, 2.45) is 0 Å². The summed E-state index contributed by atoms with van der Waals surface area (Å²) in [7, 11) is 0. The first-order valence-electron chi connectivity index (χ1n) is 10.6. The van der Waals surface area contributed by atoms with Crippen molar-refractivity contribution in [3.8, 4) is 0 Å². The van der Waals surface area contributed by atoms with E-state index in [2.05, 4.69) is 34.5 Å². The maximum atomic E-state index is 12.9. The number of likely N-dealkylation sites (tertiary alicyclic amines) is 1. The van der Waals surface area contributed by atoms with Gasteiger partial charge in [-0.1, -0.05) is 36.8 Å². The zero-order valence-electron chi connectivity index (χ0n) is 16.6. The second-order valence-electron chi connectivity index (χ2n) is 8.34. The van der Waals surface area contributed by atoms with Crippen LogP contribution >= 0.6 is 11.8 Å². The minimum Gasteiger partial charge on any atom is -0.354 e. The Bertz CT molecular complexity index is 686. The molecule has 0 bridgehead atoms. The summed E-state index contributed by atoms with van der Waals surface area (Å²) in [4.78, 5) is 29.7. The van der Waals surface area contributed by atoms with Crippen LogP contribution in [-0.4, -0.2) is 71.9 Å². The lowest BCUT2D eigenvalue weighted by Gasteiger charge is -2.42. The molecule has 0 spiro atoms. The van der Waals surface area contributed by atoms with E-state index in [0.717, 1.165) is 56.8 Å². The van der Waals surface area contributed by atoms with Gasteiger partial charge in [-0.3, -0.25) is 14.5 Å². The summed E-state index contributed by atoms with van der Waals surface area (Å²) in [6.07, 6.45) is 5.37. The van der Waals surface area contributed by atoms with Crippen LogP contribution < -0.4 is 5.32 Å². The number of hydrogen-bond acceptors (Lipinski definition) is 4. The second-order valence-corrected chi connectivity index (χ2v) is 9.57. The molecule has 0 radical (unpaired) electrons. The summed E-state index contributed by atoms with van der Waals surface area (Å²) in [5.41, 5.74) is 1.43. The number of amides is 2. The Balaban J connectivity index is 1.31. The molecule has 2 heterocycles. The summed E-state index contributed by atoms with van der Waals surface area (Å²) in [5.74, 6) is 2.34. The third kappa shape index (κ3) is 4.23. The van der Waals surface area contributed by atoms with E-state index < -0.39 is 0 Å². The molecule has 3 aliphatic rings. The summed E-state index contributed by atoms with van der Waals surface area (Å²) in [6, 6.07) is 10.4. The Labute approximate surface area is 172 Å². The molecule has 1 aromatic rings. The van der Waals surface area contributed by atoms with Gasteiger partial charge in [-0.15, -0.1) is 0 Å². The number of rotatable bonds is 6. The highest BCUT2D eigenvalue weighted by atomic mass is 32.2. The molecule has 1 aliphatic carbocycles. The van der Waals surface area contributed by atoms with E-state index in [1.54, 1.807) is 0 Å². The van der Waals surface area contributed by atoms with Crippen LogP contribution in [0.15, 0.2) is 30.3 Å². The monoisotopic (exact) mass is 401 g/mol. The topological polar surface area (TPSA) is 52.7 Å². The Morgan fingerprint density at radius 3 is 2.50 bits per heavy atom. The van der Waals surface area contributed by atoms with Crippen molar-refractivity contribution >= 4 is 23.6 Å². The van der Waals surface area contributed by atoms with Crippen molar-refractivity contribution in [1.82, 2.24) is 15.1 Å². The third-order valence-electron chi connectivity index (χ3n) is 6.64. The molecule has 152 valence electrons. The fourth-order valence-electron chi connectivity index (χ4n) is 4.76. The standard InChI is InChI=1S/C22H31N3O2S/c26-20(23-17-22(9-5-10-22)18-6-2-1-3-7-18)16-25-11-4-8-19(25)21(27)24-12-14-28-15-13-24/h1-3,6-7,19H,4-5,8-17H2,(H,23,26). The van der Waals surface area contributed by atoms with Gasteiger partial charge in [0.2, 0.25) is 11.8 Å². The van der Waals surface area contributed by atoms with Gasteiger partial charge < -0.3 is 10.2 Å². The summed E-state index contributed by atoms with van der Waals surface area (Å²) in [5, 5.41) is 3.18. The molecule has 2 amide bonds. The van der Waals surface area contributed by atoms with Gasteiger partial charge in [0.15, 0.2) is 0 Å². The van der Waals surface area contributed by atoms with E-state index in [1.807, 2.05) is 22.7 Å². The molecule has 6 heteroatoms. The highest BCUT2D eigenvalue weighted by Crippen LogP contribution is 2.43. The molecule has 1 atom stereocenters. The van der Waals surface area contributed by atoms with Gasteiger partial charge in [0, 0.05) is 36.6 Å². The van der Waals surface area contributed by atoms with Crippen molar-refractivity contribution in [3.63, 3.8) is 0 Å². The van der Waals surface area contributed by atoms with E-state index >= 15 is 0 Å². The highest BCUT2D eigenvalue weighted by Gasteiger charge is 2.39. The van der Waals surface area contributed by atoms with E-state index in [4.69, 9.17) is 0 Å². The lowest BCUT2D eigenvalue weighted by Crippen LogP contribution is -2.52. The van der Waals surface area contributed by atoms with Crippen LogP contribution in [-0.2, 0) is 15.0 Å². The van der Waals surface area contributed by atoms with Crippen molar-refractivity contribution in [2.75, 3.05) is 44.2 Å². The number of hydrogen-bond donors (Lipinski definition) is 1. The number of benzene rings is 1. The predicted octanol–water partition coefficient (Wildman–Crippen LogP) is 2.26. The molecule has 2 saturated heterocycles. The Hall–Kier alpha value is -1.53. The van der Waals surface area contributed by atoms with Crippen LogP contribution in [0.4, 0.5) is 0 Å². The maximum absolute atomic E-state index is 12.9. The van der Waals surface area contributed by atoms with Crippen molar-refractivity contribution in [2.45, 2.75) is 43.6 Å². The summed E-state index contributed by atoms with van der Waals surface area (Å²) in [6.45, 7) is 3.57. The molecule has 1 saturated carbocycles. The smallest absolute Gasteiger partial charge is 0.239 e. The van der Waals surface area contributed by atoms with E-state index in [1.165, 1.54) is 12.0 Å². The van der Waals surface area contributed by atoms with Gasteiger partial charge in [0.05, 0.1) is 12.6 Å². The van der Waals surface area contributed by atoms with Crippen LogP contribution in [0, 0.1) is 0 Å². The molecule has 2 aliphatic heterocycles. The first-order valence-corrected chi connectivity index (χ1v) is 11.8. The van der Waals surface area contributed by atoms with Gasteiger partial charge in [0.25, 0.3) is 0 Å². The molecule has 28 heavy (non-hydrogen) atoms. The number of carbonyl (C=O) groups excluding carboxylic acids is 2. The average molecular weight is 402 g/mol. The first kappa shape index (κ1) is 19.8.